The van der Waals surface area contributed by atoms with Gasteiger partial charge in [-0.05, 0) is 65.1 Å². The van der Waals surface area contributed by atoms with Crippen molar-refractivity contribution in [1.29, 1.82) is 0 Å². The van der Waals surface area contributed by atoms with Crippen LogP contribution in [0.3, 0.4) is 0 Å². The first-order valence-electron chi connectivity index (χ1n) is 13.9. The van der Waals surface area contributed by atoms with Crippen LogP contribution in [0.1, 0.15) is 41.6 Å². The summed E-state index contributed by atoms with van der Waals surface area (Å²) < 4.78 is 27.1. The second-order valence-electron chi connectivity index (χ2n) is 9.95. The van der Waals surface area contributed by atoms with E-state index in [4.69, 9.17) is 23.2 Å². The number of sulfonamides is 1. The van der Waals surface area contributed by atoms with Crippen LogP contribution in [-0.4, -0.2) is 31.7 Å². The highest BCUT2D eigenvalue weighted by atomic mass is 35.5. The maximum Gasteiger partial charge on any atom is 0.247 e. The number of nitrogens with one attached hydrogen (secondary N) is 2. The highest BCUT2D eigenvalue weighted by Crippen LogP contribution is 2.26. The van der Waals surface area contributed by atoms with Crippen molar-refractivity contribution in [3.05, 3.63) is 135 Å². The first kappa shape index (κ1) is 32.2. The van der Waals surface area contributed by atoms with E-state index in [0.717, 1.165) is 16.7 Å². The van der Waals surface area contributed by atoms with Gasteiger partial charge >= 0.3 is 0 Å². The topological polar surface area (TPSA) is 95.6 Å². The van der Waals surface area contributed by atoms with Gasteiger partial charge < -0.3 is 10.2 Å². The Labute approximate surface area is 262 Å². The molecular weight excluding hydrogens is 605 g/mol. The van der Waals surface area contributed by atoms with E-state index in [2.05, 4.69) is 10.0 Å². The Balaban J connectivity index is 1.59. The Morgan fingerprint density at radius 3 is 1.91 bits per heavy atom. The van der Waals surface area contributed by atoms with Gasteiger partial charge in [-0.1, -0.05) is 96.9 Å². The summed E-state index contributed by atoms with van der Waals surface area (Å²) in [5, 5.41) is 4.17. The van der Waals surface area contributed by atoms with Gasteiger partial charge in [0.1, 0.15) is 6.04 Å². The third-order valence-corrected chi connectivity index (χ3v) is 8.90. The summed E-state index contributed by atoms with van der Waals surface area (Å²) in [4.78, 5) is 29.5. The quantitative estimate of drug-likeness (QED) is 0.180. The van der Waals surface area contributed by atoms with E-state index in [9.17, 15) is 18.0 Å². The number of aryl methyl sites for hydroxylation is 1. The number of carbonyl (C=O) groups excluding carboxylic acids is 2. The molecular formula is C33H33Cl2N3O4S. The lowest BCUT2D eigenvalue weighted by atomic mass is 10.0. The predicted molar refractivity (Wildman–Crippen MR) is 170 cm³/mol. The minimum atomic E-state index is -3.57. The molecule has 224 valence electrons. The van der Waals surface area contributed by atoms with E-state index in [-0.39, 0.29) is 42.8 Å². The van der Waals surface area contributed by atoms with Crippen molar-refractivity contribution in [2.24, 2.45) is 0 Å². The van der Waals surface area contributed by atoms with Gasteiger partial charge in [-0.3, -0.25) is 9.59 Å². The zero-order chi connectivity index (χ0) is 30.8. The van der Waals surface area contributed by atoms with Crippen LogP contribution in [0, 0.1) is 0 Å². The van der Waals surface area contributed by atoms with Crippen LogP contribution in [0.5, 0.6) is 0 Å². The van der Waals surface area contributed by atoms with E-state index in [0.29, 0.717) is 22.0 Å². The predicted octanol–water partition coefficient (Wildman–Crippen LogP) is 6.31. The molecule has 0 unspecified atom stereocenters. The second-order valence-corrected chi connectivity index (χ2v) is 12.6. The van der Waals surface area contributed by atoms with Crippen LogP contribution < -0.4 is 10.0 Å². The third kappa shape index (κ3) is 9.15. The Bertz CT molecular complexity index is 1610. The standard InChI is InChI=1S/C33H33Cl2N3O4S/c1-2-37-43(41,42)30-19-12-24(13-20-30)14-21-31(39)38(23-26-10-17-29(35)18-11-26)32(27-6-4-3-5-7-27)33(40)36-22-25-8-15-28(34)16-9-25/h3-13,15-20,32,37H,2,14,21-23H2,1H3,(H,36,40)/t32-/m0/s1. The molecule has 0 aliphatic rings. The number of hydrogen-bond acceptors (Lipinski definition) is 4. The van der Waals surface area contributed by atoms with E-state index in [1.54, 1.807) is 48.2 Å². The normalized spacial score (nSPS) is 12.0. The lowest BCUT2D eigenvalue weighted by Crippen LogP contribution is -2.43. The molecule has 0 radical (unpaired) electrons. The number of benzene rings is 4. The summed E-state index contributed by atoms with van der Waals surface area (Å²) in [6, 6.07) is 29.1. The molecule has 1 atom stereocenters. The summed E-state index contributed by atoms with van der Waals surface area (Å²) in [5.41, 5.74) is 3.18. The number of hydrogen-bond donors (Lipinski definition) is 2. The fourth-order valence-corrected chi connectivity index (χ4v) is 5.90. The molecule has 0 fully saturated rings. The van der Waals surface area contributed by atoms with Crippen LogP contribution in [0.15, 0.2) is 108 Å². The first-order valence-corrected chi connectivity index (χ1v) is 16.1. The Morgan fingerprint density at radius 2 is 1.33 bits per heavy atom. The van der Waals surface area contributed by atoms with E-state index < -0.39 is 16.1 Å². The molecule has 43 heavy (non-hydrogen) atoms. The highest BCUT2D eigenvalue weighted by Gasteiger charge is 2.31. The van der Waals surface area contributed by atoms with Gasteiger partial charge in [0, 0.05) is 36.1 Å². The van der Waals surface area contributed by atoms with Gasteiger partial charge in [0.2, 0.25) is 21.8 Å². The molecule has 7 nitrogen and oxygen atoms in total. The molecule has 0 aromatic heterocycles. The van der Waals surface area contributed by atoms with Gasteiger partial charge in [-0.2, -0.15) is 0 Å². The smallest absolute Gasteiger partial charge is 0.247 e. The van der Waals surface area contributed by atoms with Gasteiger partial charge in [0.05, 0.1) is 4.90 Å². The highest BCUT2D eigenvalue weighted by molar-refractivity contribution is 7.89. The van der Waals surface area contributed by atoms with Crippen LogP contribution in [0.2, 0.25) is 10.0 Å². The van der Waals surface area contributed by atoms with Crippen molar-refractivity contribution in [2.75, 3.05) is 6.54 Å². The van der Waals surface area contributed by atoms with Gasteiger partial charge in [0.15, 0.2) is 0 Å². The molecule has 0 bridgehead atoms. The molecule has 10 heteroatoms. The van der Waals surface area contributed by atoms with Gasteiger partial charge in [0.25, 0.3) is 0 Å². The van der Waals surface area contributed by atoms with Crippen molar-refractivity contribution < 1.29 is 18.0 Å². The average molecular weight is 639 g/mol. The van der Waals surface area contributed by atoms with E-state index in [1.807, 2.05) is 54.6 Å². The fraction of sp³-hybridized carbons (Fsp3) is 0.212. The molecule has 4 aromatic rings. The van der Waals surface area contributed by atoms with Crippen LogP contribution in [-0.2, 0) is 39.1 Å². The Morgan fingerprint density at radius 1 is 0.767 bits per heavy atom. The summed E-state index contributed by atoms with van der Waals surface area (Å²) in [6.07, 6.45) is 0.478. The minimum absolute atomic E-state index is 0.112. The zero-order valence-electron chi connectivity index (χ0n) is 23.7. The molecule has 0 heterocycles. The van der Waals surface area contributed by atoms with Crippen LogP contribution in [0.25, 0.3) is 0 Å². The van der Waals surface area contributed by atoms with Crippen molar-refractivity contribution in [3.63, 3.8) is 0 Å². The van der Waals surface area contributed by atoms with Gasteiger partial charge in [-0.15, -0.1) is 0 Å². The number of halogens is 2. The summed E-state index contributed by atoms with van der Waals surface area (Å²) in [6.45, 7) is 2.46. The van der Waals surface area contributed by atoms with Crippen LogP contribution >= 0.6 is 23.2 Å². The third-order valence-electron chi connectivity index (χ3n) is 6.84. The first-order chi connectivity index (χ1) is 20.7. The lowest BCUT2D eigenvalue weighted by Gasteiger charge is -2.32. The molecule has 0 aliphatic carbocycles. The summed E-state index contributed by atoms with van der Waals surface area (Å²) >= 11 is 12.1. The van der Waals surface area contributed by atoms with E-state index >= 15 is 0 Å². The van der Waals surface area contributed by atoms with Gasteiger partial charge in [-0.25, -0.2) is 13.1 Å². The van der Waals surface area contributed by atoms with Crippen molar-refractivity contribution in [1.82, 2.24) is 14.9 Å². The molecule has 0 saturated carbocycles. The molecule has 4 aromatic carbocycles. The summed E-state index contributed by atoms with van der Waals surface area (Å²) in [5.74, 6) is -0.545. The maximum atomic E-state index is 13.9. The second kappa shape index (κ2) is 15.2. The average Bonchev–Trinajstić information content (AvgIpc) is 3.01. The monoisotopic (exact) mass is 637 g/mol. The van der Waals surface area contributed by atoms with E-state index in [1.165, 1.54) is 12.1 Å². The molecule has 4 rings (SSSR count). The fourth-order valence-electron chi connectivity index (χ4n) is 4.61. The van der Waals surface area contributed by atoms with Crippen molar-refractivity contribution >= 4 is 45.0 Å². The van der Waals surface area contributed by atoms with Crippen LogP contribution in [0.4, 0.5) is 0 Å². The zero-order valence-corrected chi connectivity index (χ0v) is 26.0. The Hall–Kier alpha value is -3.69. The minimum Gasteiger partial charge on any atom is -0.350 e. The molecule has 2 amide bonds. The van der Waals surface area contributed by atoms with Crippen molar-refractivity contribution in [2.45, 2.75) is 43.8 Å². The number of carbonyl (C=O) groups is 2. The SMILES string of the molecule is CCNS(=O)(=O)c1ccc(CCC(=O)N(Cc2ccc(Cl)cc2)[C@H](C(=O)NCc2ccc(Cl)cc2)c2ccccc2)cc1. The Kier molecular flexibility index (Phi) is 11.4. The molecule has 0 aliphatic heterocycles. The number of rotatable bonds is 13. The largest absolute Gasteiger partial charge is 0.350 e. The summed E-state index contributed by atoms with van der Waals surface area (Å²) in [7, 11) is -3.57. The number of amides is 2. The number of nitrogens with zero attached hydrogens (tertiary/aromatic N) is 1. The molecule has 0 spiro atoms. The van der Waals surface area contributed by atoms with Crippen molar-refractivity contribution in [3.8, 4) is 0 Å². The molecule has 2 N–H and O–H groups in total. The molecule has 0 saturated heterocycles. The lowest BCUT2D eigenvalue weighted by molar-refractivity contribution is -0.141. The maximum absolute atomic E-state index is 13.9.